The molecular weight excluding hydrogens is 661 g/mol. The van der Waals surface area contributed by atoms with Gasteiger partial charge in [0.15, 0.2) is 0 Å². The maximum absolute atomic E-state index is 13.3. The van der Waals surface area contributed by atoms with E-state index in [-0.39, 0.29) is 36.4 Å². The molecule has 0 unspecified atom stereocenters. The zero-order valence-electron chi connectivity index (χ0n) is 23.5. The summed E-state index contributed by atoms with van der Waals surface area (Å²) in [6.07, 6.45) is 11.7. The van der Waals surface area contributed by atoms with Crippen LogP contribution in [0, 0.1) is 23.8 Å². The predicted molar refractivity (Wildman–Crippen MR) is 161 cm³/mol. The van der Waals surface area contributed by atoms with E-state index in [0.717, 1.165) is 35.1 Å². The molecule has 0 amide bonds. The Kier molecular flexibility index (Phi) is 15.4. The zero-order chi connectivity index (χ0) is 28.3. The van der Waals surface area contributed by atoms with Gasteiger partial charge in [0.05, 0.1) is 0 Å². The third-order valence-corrected chi connectivity index (χ3v) is 12.5. The molecule has 0 spiro atoms. The SMILES string of the molecule is CC1=[C-]CC(c2ccccc2F)=C1.CC1=[C-]CC(c2ccccc2F)=C1.[Cl-].[Cl-].[Zr+2]=[Si](c1ccccc1)c1ccccc1. The van der Waals surface area contributed by atoms with Gasteiger partial charge in [-0.1, -0.05) is 50.2 Å². The number of hydrogen-bond donors (Lipinski definition) is 0. The first-order valence-electron chi connectivity index (χ1n) is 13.2. The van der Waals surface area contributed by atoms with Crippen LogP contribution in [-0.2, 0) is 23.3 Å². The van der Waals surface area contributed by atoms with E-state index in [4.69, 9.17) is 0 Å². The molecule has 0 N–H and O–H groups in total. The van der Waals surface area contributed by atoms with Crippen molar-refractivity contribution in [1.82, 2.24) is 0 Å². The van der Waals surface area contributed by atoms with Crippen LogP contribution in [0.1, 0.15) is 37.8 Å². The molecule has 0 bridgehead atoms. The fraction of sp³-hybridized carbons (Fsp3) is 0.111. The standard InChI is InChI=1S/2C12H10F.C12H10Si.2ClH.Zr/c2*1-9-6-7-10(8-9)11-4-2-3-5-12(11)13;1-3-7-11(8-4-1)13-12-9-5-2-6-10-12;;;/h2*2-5,8H,7H2,1H3;1-10H;2*1H;/q2*-1;;;;+2/p-2. The van der Waals surface area contributed by atoms with E-state index in [1.807, 2.05) is 38.1 Å². The molecule has 0 atom stereocenters. The van der Waals surface area contributed by atoms with Gasteiger partial charge in [0.1, 0.15) is 11.6 Å². The molecule has 4 aromatic rings. The van der Waals surface area contributed by atoms with Crippen molar-refractivity contribution in [3.63, 3.8) is 0 Å². The van der Waals surface area contributed by atoms with Crippen LogP contribution in [0.3, 0.4) is 0 Å². The molecule has 0 radical (unpaired) electrons. The Hall–Kier alpha value is -2.62. The summed E-state index contributed by atoms with van der Waals surface area (Å²) >= 11 is 1.64. The third-order valence-electron chi connectivity index (χ3n) is 6.46. The Balaban J connectivity index is 0.000000215. The summed E-state index contributed by atoms with van der Waals surface area (Å²) < 4.78 is 26.6. The van der Waals surface area contributed by atoms with Crippen molar-refractivity contribution < 1.29 is 56.9 Å². The van der Waals surface area contributed by atoms with Crippen LogP contribution in [-0.4, -0.2) is 5.43 Å². The van der Waals surface area contributed by atoms with Crippen LogP contribution in [0.5, 0.6) is 0 Å². The van der Waals surface area contributed by atoms with E-state index >= 15 is 0 Å². The molecule has 42 heavy (non-hydrogen) atoms. The summed E-state index contributed by atoms with van der Waals surface area (Å²) in [5.41, 5.74) is 5.19. The van der Waals surface area contributed by atoms with Crippen molar-refractivity contribution in [2.24, 2.45) is 0 Å². The molecule has 6 heteroatoms. The van der Waals surface area contributed by atoms with Gasteiger partial charge in [0.25, 0.3) is 0 Å². The molecule has 6 rings (SSSR count). The minimum atomic E-state index is -0.455. The van der Waals surface area contributed by atoms with E-state index in [2.05, 4.69) is 72.8 Å². The van der Waals surface area contributed by atoms with Gasteiger partial charge in [0.2, 0.25) is 0 Å². The second kappa shape index (κ2) is 18.1. The van der Waals surface area contributed by atoms with Gasteiger partial charge in [-0.15, -0.1) is 24.0 Å². The number of halogens is 4. The van der Waals surface area contributed by atoms with E-state index in [1.54, 1.807) is 47.6 Å². The first kappa shape index (κ1) is 35.6. The Morgan fingerprint density at radius 1 is 0.548 bits per heavy atom. The van der Waals surface area contributed by atoms with Gasteiger partial charge in [-0.25, -0.2) is 32.1 Å². The van der Waals surface area contributed by atoms with Gasteiger partial charge < -0.3 is 24.8 Å². The van der Waals surface area contributed by atoms with Gasteiger partial charge >= 0.3 is 99.8 Å². The fourth-order valence-electron chi connectivity index (χ4n) is 4.36. The molecule has 0 fully saturated rings. The Labute approximate surface area is 276 Å². The first-order valence-corrected chi connectivity index (χ1v) is 18.4. The van der Waals surface area contributed by atoms with Gasteiger partial charge in [0, 0.05) is 0 Å². The molecule has 0 nitrogen and oxygen atoms in total. The average Bonchev–Trinajstić information content (AvgIpc) is 3.63. The van der Waals surface area contributed by atoms with Crippen molar-refractivity contribution in [3.05, 3.63) is 167 Å². The van der Waals surface area contributed by atoms with Crippen LogP contribution < -0.4 is 35.2 Å². The minimum absolute atomic E-state index is 0. The van der Waals surface area contributed by atoms with Crippen LogP contribution in [0.2, 0.25) is 0 Å². The number of benzene rings is 4. The zero-order valence-corrected chi connectivity index (χ0v) is 28.4. The molecule has 4 aromatic carbocycles. The molecule has 0 aliphatic heterocycles. The van der Waals surface area contributed by atoms with Gasteiger partial charge in [-0.3, -0.25) is 12.2 Å². The Morgan fingerprint density at radius 3 is 1.19 bits per heavy atom. The molecule has 0 aromatic heterocycles. The van der Waals surface area contributed by atoms with E-state index in [9.17, 15) is 8.78 Å². The summed E-state index contributed by atoms with van der Waals surface area (Å²) in [6.45, 7) is 3.96. The number of allylic oxidation sites excluding steroid dienone is 8. The third kappa shape index (κ3) is 10.3. The Bertz CT molecular complexity index is 1470. The van der Waals surface area contributed by atoms with Crippen molar-refractivity contribution in [1.29, 1.82) is 0 Å². The van der Waals surface area contributed by atoms with Crippen molar-refractivity contribution in [2.75, 3.05) is 0 Å². The summed E-state index contributed by atoms with van der Waals surface area (Å²) in [4.78, 5) is 0. The van der Waals surface area contributed by atoms with Crippen LogP contribution in [0.4, 0.5) is 8.78 Å². The molecule has 0 saturated carbocycles. The van der Waals surface area contributed by atoms with Gasteiger partial charge in [-0.05, 0) is 23.3 Å². The van der Waals surface area contributed by atoms with Crippen LogP contribution in [0.25, 0.3) is 11.1 Å². The predicted octanol–water partition coefficient (Wildman–Crippen LogP) is 2.07. The number of rotatable bonds is 4. The van der Waals surface area contributed by atoms with Crippen LogP contribution >= 0.6 is 0 Å². The van der Waals surface area contributed by atoms with Crippen molar-refractivity contribution in [2.45, 2.75) is 26.7 Å². The molecule has 0 saturated heterocycles. The molecule has 212 valence electrons. The van der Waals surface area contributed by atoms with Crippen molar-refractivity contribution in [3.8, 4) is 0 Å². The first-order chi connectivity index (χ1) is 19.4. The normalized spacial score (nSPS) is 12.9. The van der Waals surface area contributed by atoms with E-state index in [0.29, 0.717) is 11.1 Å². The van der Waals surface area contributed by atoms with Crippen molar-refractivity contribution >= 4 is 27.0 Å². The second-order valence-electron chi connectivity index (χ2n) is 9.48. The fourth-order valence-corrected chi connectivity index (χ4v) is 8.20. The van der Waals surface area contributed by atoms with Crippen LogP contribution in [0.15, 0.2) is 132 Å². The molecular formula is C36H30Cl2F2SiZr-2. The van der Waals surface area contributed by atoms with Gasteiger partial charge in [-0.2, -0.15) is 0 Å². The quantitative estimate of drug-likeness (QED) is 0.228. The summed E-state index contributed by atoms with van der Waals surface area (Å²) in [5.74, 6) is -0.296. The summed E-state index contributed by atoms with van der Waals surface area (Å²) in [6, 6.07) is 35.4. The molecule has 2 aliphatic rings. The molecule has 2 aliphatic carbocycles. The summed E-state index contributed by atoms with van der Waals surface area (Å²) in [7, 11) is 0. The topological polar surface area (TPSA) is 0 Å². The number of hydrogen-bond acceptors (Lipinski definition) is 0. The van der Waals surface area contributed by atoms with E-state index in [1.165, 1.54) is 22.5 Å². The summed E-state index contributed by atoms with van der Waals surface area (Å²) in [5, 5.41) is 3.03. The maximum atomic E-state index is 13.3. The van der Waals surface area contributed by atoms with E-state index < -0.39 is 5.43 Å². The molecule has 0 heterocycles. The monoisotopic (exact) mass is 688 g/mol. The Morgan fingerprint density at radius 2 is 0.881 bits per heavy atom. The average molecular weight is 691 g/mol. The second-order valence-corrected chi connectivity index (χ2v) is 15.1.